The van der Waals surface area contributed by atoms with Crippen LogP contribution in [0.15, 0.2) is 12.4 Å². The van der Waals surface area contributed by atoms with Crippen molar-refractivity contribution < 1.29 is 18.2 Å². The van der Waals surface area contributed by atoms with Gasteiger partial charge in [-0.3, -0.25) is 0 Å². The summed E-state index contributed by atoms with van der Waals surface area (Å²) in [5, 5.41) is 0. The van der Waals surface area contributed by atoms with E-state index in [4.69, 9.17) is 9.19 Å². The number of aromatic nitrogens is 2. The second-order valence-corrected chi connectivity index (χ2v) is 5.90. The van der Waals surface area contributed by atoms with E-state index in [0.717, 1.165) is 0 Å². The van der Waals surface area contributed by atoms with Gasteiger partial charge >= 0.3 is 92.3 Å². The molecule has 0 saturated heterocycles. The van der Waals surface area contributed by atoms with Gasteiger partial charge in [-0.1, -0.05) is 0 Å². The fourth-order valence-corrected chi connectivity index (χ4v) is 4.01. The van der Waals surface area contributed by atoms with Crippen molar-refractivity contribution in [1.82, 2.24) is 9.13 Å². The van der Waals surface area contributed by atoms with Crippen LogP contribution < -0.4 is 0 Å². The summed E-state index contributed by atoms with van der Waals surface area (Å²) in [6.45, 7) is 8.73. The predicted molar refractivity (Wildman–Crippen MR) is 52.3 cm³/mol. The zero-order chi connectivity index (χ0) is 10.0. The van der Waals surface area contributed by atoms with Gasteiger partial charge in [0.1, 0.15) is 0 Å². The van der Waals surface area contributed by atoms with E-state index in [1.165, 1.54) is 3.63 Å². The number of rotatable bonds is 2. The first-order chi connectivity index (χ1) is 6.07. The number of imidazole rings is 1. The van der Waals surface area contributed by atoms with Crippen molar-refractivity contribution in [3.05, 3.63) is 16.0 Å². The molecule has 0 unspecified atom stereocenters. The normalized spacial score (nSPS) is 11.9. The summed E-state index contributed by atoms with van der Waals surface area (Å²) < 4.78 is 5.80. The molecule has 0 fully saturated rings. The van der Waals surface area contributed by atoms with Gasteiger partial charge in [-0.15, -0.1) is 0 Å². The Morgan fingerprint density at radius 2 is 1.46 bits per heavy atom. The third-order valence-electron chi connectivity index (χ3n) is 1.94. The zero-order valence-electron chi connectivity index (χ0n) is 8.38. The van der Waals surface area contributed by atoms with Crippen LogP contribution in [0.3, 0.4) is 0 Å². The van der Waals surface area contributed by atoms with Gasteiger partial charge in [-0.25, -0.2) is 0 Å². The zero-order valence-corrected chi connectivity index (χ0v) is 11.3. The van der Waals surface area contributed by atoms with E-state index >= 15 is 0 Å². The first kappa shape index (κ1) is 11.3. The van der Waals surface area contributed by atoms with E-state index < -0.39 is 0 Å². The Bertz CT molecular complexity index is 307. The van der Waals surface area contributed by atoms with Crippen molar-refractivity contribution in [3.8, 4) is 0 Å². The van der Waals surface area contributed by atoms with E-state index in [9.17, 15) is 0 Å². The second-order valence-electron chi connectivity index (χ2n) is 3.59. The molecule has 4 heteroatoms. The van der Waals surface area contributed by atoms with Gasteiger partial charge in [0.15, 0.2) is 0 Å². The predicted octanol–water partition coefficient (Wildman–Crippen LogP) is 3.22. The minimum absolute atomic E-state index is 0.256. The number of hydrogen-bond donors (Lipinski definition) is 0. The van der Waals surface area contributed by atoms with Gasteiger partial charge in [0, 0.05) is 0 Å². The van der Waals surface area contributed by atoms with Gasteiger partial charge < -0.3 is 0 Å². The molecule has 0 aliphatic carbocycles. The standard InChI is InChI=1S/C9H16N2.Au.ClH/c1-8(2)10-5-6-11(7-10)9(3)4;;/h5-6,8-9H,1-4H3;;1H/q;+1;/p-1. The van der Waals surface area contributed by atoms with Crippen LogP contribution in [0.2, 0.25) is 0 Å². The molecule has 13 heavy (non-hydrogen) atoms. The van der Waals surface area contributed by atoms with Gasteiger partial charge in [0.2, 0.25) is 0 Å². The summed E-state index contributed by atoms with van der Waals surface area (Å²) >= 11 is -0.256. The Kier molecular flexibility index (Phi) is 4.05. The van der Waals surface area contributed by atoms with E-state index in [2.05, 4.69) is 49.2 Å². The molecule has 2 nitrogen and oxygen atoms in total. The Balaban J connectivity index is 3.28. The molecule has 0 aliphatic heterocycles. The molecule has 1 rings (SSSR count). The average molecular weight is 385 g/mol. The van der Waals surface area contributed by atoms with E-state index in [1.807, 2.05) is 0 Å². The van der Waals surface area contributed by atoms with Crippen molar-refractivity contribution in [3.63, 3.8) is 0 Å². The summed E-state index contributed by atoms with van der Waals surface area (Å²) in [4.78, 5) is 0. The molecule has 1 aromatic rings. The fourth-order valence-electron chi connectivity index (χ4n) is 1.18. The van der Waals surface area contributed by atoms with Crippen molar-refractivity contribution >= 4 is 9.19 Å². The van der Waals surface area contributed by atoms with Gasteiger partial charge in [0.25, 0.3) is 0 Å². The van der Waals surface area contributed by atoms with Crippen LogP contribution in [0.4, 0.5) is 0 Å². The number of nitrogens with zero attached hydrogens (tertiary/aromatic N) is 2. The van der Waals surface area contributed by atoms with Gasteiger partial charge in [-0.05, 0) is 0 Å². The first-order valence-corrected chi connectivity index (χ1v) is 8.16. The van der Waals surface area contributed by atoms with Crippen LogP contribution in [0.25, 0.3) is 0 Å². The number of hydrogen-bond acceptors (Lipinski definition) is 0. The molecule has 0 N–H and O–H groups in total. The fraction of sp³-hybridized carbons (Fsp3) is 0.667. The van der Waals surface area contributed by atoms with Crippen molar-refractivity contribution in [2.24, 2.45) is 0 Å². The third kappa shape index (κ3) is 2.38. The molecule has 0 aliphatic rings. The van der Waals surface area contributed by atoms with Crippen molar-refractivity contribution in [1.29, 1.82) is 0 Å². The van der Waals surface area contributed by atoms with Crippen molar-refractivity contribution in [2.45, 2.75) is 39.8 Å². The molecule has 80 valence electrons. The van der Waals surface area contributed by atoms with Crippen LogP contribution >= 0.6 is 9.19 Å². The van der Waals surface area contributed by atoms with Crippen LogP contribution in [-0.2, 0) is 18.2 Å². The molecule has 0 aromatic carbocycles. The van der Waals surface area contributed by atoms with E-state index in [1.54, 1.807) is 0 Å². The molecule has 0 atom stereocenters. The van der Waals surface area contributed by atoms with Gasteiger partial charge in [-0.2, -0.15) is 0 Å². The van der Waals surface area contributed by atoms with Gasteiger partial charge in [0.05, 0.1) is 0 Å². The SMILES string of the molecule is CC(C)n1ccn(C(C)C)[c]1=[Au][Cl]. The van der Waals surface area contributed by atoms with Crippen LogP contribution in [-0.4, -0.2) is 9.13 Å². The monoisotopic (exact) mass is 384 g/mol. The molecule has 0 amide bonds. The summed E-state index contributed by atoms with van der Waals surface area (Å²) in [5.41, 5.74) is 0. The molecule has 1 heterocycles. The Morgan fingerprint density at radius 1 is 1.08 bits per heavy atom. The van der Waals surface area contributed by atoms with Crippen molar-refractivity contribution in [2.75, 3.05) is 0 Å². The molecular formula is C9H16AuClN2. The maximum absolute atomic E-state index is 6.02. The van der Waals surface area contributed by atoms with Crippen LogP contribution in [0.1, 0.15) is 39.8 Å². The molecule has 0 saturated carbocycles. The molecule has 1 aromatic heterocycles. The minimum atomic E-state index is -0.256. The topological polar surface area (TPSA) is 9.86 Å². The molecular weight excluding hydrogens is 369 g/mol. The average Bonchev–Trinajstić information content (AvgIpc) is 2.46. The molecule has 0 bridgehead atoms. The Labute approximate surface area is 92.2 Å². The summed E-state index contributed by atoms with van der Waals surface area (Å²) in [6.07, 6.45) is 4.25. The van der Waals surface area contributed by atoms with E-state index in [-0.39, 0.29) is 18.2 Å². The van der Waals surface area contributed by atoms with Crippen LogP contribution in [0, 0.1) is 3.63 Å². The molecule has 0 radical (unpaired) electrons. The van der Waals surface area contributed by atoms with Crippen LogP contribution in [0.5, 0.6) is 0 Å². The van der Waals surface area contributed by atoms with E-state index in [0.29, 0.717) is 12.1 Å². The number of halogens is 1. The second kappa shape index (κ2) is 4.65. The molecule has 0 spiro atoms. The summed E-state index contributed by atoms with van der Waals surface area (Å²) in [5.74, 6) is 0. The Hall–Kier alpha value is 0.240. The quantitative estimate of drug-likeness (QED) is 0.693. The summed E-state index contributed by atoms with van der Waals surface area (Å²) in [7, 11) is 6.02. The summed E-state index contributed by atoms with van der Waals surface area (Å²) in [6, 6.07) is 1.01. The maximum atomic E-state index is 6.02. The first-order valence-electron chi connectivity index (χ1n) is 4.39. The third-order valence-corrected chi connectivity index (χ3v) is 4.26. The Morgan fingerprint density at radius 3 is 1.69 bits per heavy atom.